The van der Waals surface area contributed by atoms with Crippen LogP contribution in [0.5, 0.6) is 5.75 Å². The van der Waals surface area contributed by atoms with Crippen LogP contribution in [0.15, 0.2) is 42.5 Å². The Balaban J connectivity index is 1.90. The number of nitrogens with one attached hydrogen (secondary N) is 2. The van der Waals surface area contributed by atoms with Gasteiger partial charge in [0.15, 0.2) is 0 Å². The van der Waals surface area contributed by atoms with E-state index in [0.29, 0.717) is 22.0 Å². The second-order valence-electron chi connectivity index (χ2n) is 4.59. The Hall–Kier alpha value is -2.24. The summed E-state index contributed by atoms with van der Waals surface area (Å²) >= 11 is 11.6. The molecule has 0 radical (unpaired) electrons. The molecule has 7 heteroatoms. The van der Waals surface area contributed by atoms with Gasteiger partial charge in [0.1, 0.15) is 5.75 Å². The van der Waals surface area contributed by atoms with E-state index in [1.165, 1.54) is 18.2 Å². The molecule has 5 nitrogen and oxygen atoms in total. The highest BCUT2D eigenvalue weighted by molar-refractivity contribution is 6.42. The van der Waals surface area contributed by atoms with E-state index in [-0.39, 0.29) is 17.5 Å². The average molecular weight is 353 g/mol. The number of methoxy groups -OCH3 is 1. The predicted molar refractivity (Wildman–Crippen MR) is 90.4 cm³/mol. The SMILES string of the molecule is COc1cccc(NC(=O)CNC(=O)c2ccc(Cl)c(Cl)c2)c1. The van der Waals surface area contributed by atoms with Gasteiger partial charge in [0.25, 0.3) is 5.91 Å². The lowest BCUT2D eigenvalue weighted by Crippen LogP contribution is -2.32. The fraction of sp³-hybridized carbons (Fsp3) is 0.125. The quantitative estimate of drug-likeness (QED) is 0.866. The molecule has 2 amide bonds. The van der Waals surface area contributed by atoms with Gasteiger partial charge >= 0.3 is 0 Å². The van der Waals surface area contributed by atoms with E-state index in [4.69, 9.17) is 27.9 Å². The van der Waals surface area contributed by atoms with Gasteiger partial charge in [0, 0.05) is 17.3 Å². The third-order valence-electron chi connectivity index (χ3n) is 2.94. The van der Waals surface area contributed by atoms with Crippen LogP contribution in [0.2, 0.25) is 10.0 Å². The van der Waals surface area contributed by atoms with Gasteiger partial charge in [-0.15, -0.1) is 0 Å². The minimum absolute atomic E-state index is 0.170. The Morgan fingerprint density at radius 3 is 2.57 bits per heavy atom. The van der Waals surface area contributed by atoms with Gasteiger partial charge in [-0.1, -0.05) is 29.3 Å². The third kappa shape index (κ3) is 4.87. The van der Waals surface area contributed by atoms with Crippen LogP contribution in [0.4, 0.5) is 5.69 Å². The van der Waals surface area contributed by atoms with Gasteiger partial charge in [0.05, 0.1) is 23.7 Å². The average Bonchev–Trinajstić information content (AvgIpc) is 2.55. The maximum atomic E-state index is 12.0. The second-order valence-corrected chi connectivity index (χ2v) is 5.41. The van der Waals surface area contributed by atoms with Crippen molar-refractivity contribution in [3.05, 3.63) is 58.1 Å². The Labute approximate surface area is 143 Å². The normalized spacial score (nSPS) is 10.0. The Morgan fingerprint density at radius 1 is 1.09 bits per heavy atom. The first-order valence-electron chi connectivity index (χ1n) is 6.67. The highest BCUT2D eigenvalue weighted by atomic mass is 35.5. The summed E-state index contributed by atoms with van der Waals surface area (Å²) in [5.41, 5.74) is 0.909. The van der Waals surface area contributed by atoms with E-state index < -0.39 is 5.91 Å². The standard InChI is InChI=1S/C16H14Cl2N2O3/c1-23-12-4-2-3-11(8-12)20-15(21)9-19-16(22)10-5-6-13(17)14(18)7-10/h2-8H,9H2,1H3,(H,19,22)(H,20,21). The molecular formula is C16H14Cl2N2O3. The van der Waals surface area contributed by atoms with Crippen LogP contribution in [0, 0.1) is 0 Å². The van der Waals surface area contributed by atoms with Crippen LogP contribution in [0.3, 0.4) is 0 Å². The number of carbonyl (C=O) groups is 2. The van der Waals surface area contributed by atoms with Crippen LogP contribution < -0.4 is 15.4 Å². The smallest absolute Gasteiger partial charge is 0.251 e. The molecule has 0 aliphatic heterocycles. The van der Waals surface area contributed by atoms with Crippen LogP contribution >= 0.6 is 23.2 Å². The fourth-order valence-electron chi connectivity index (χ4n) is 1.81. The van der Waals surface area contributed by atoms with Crippen molar-refractivity contribution in [2.24, 2.45) is 0 Å². The van der Waals surface area contributed by atoms with Gasteiger partial charge in [-0.05, 0) is 30.3 Å². The van der Waals surface area contributed by atoms with Gasteiger partial charge in [-0.3, -0.25) is 9.59 Å². The predicted octanol–water partition coefficient (Wildman–Crippen LogP) is 3.37. The number of anilines is 1. The maximum absolute atomic E-state index is 12.0. The van der Waals surface area contributed by atoms with Crippen molar-refractivity contribution in [2.45, 2.75) is 0 Å². The summed E-state index contributed by atoms with van der Waals surface area (Å²) in [6, 6.07) is 11.4. The zero-order chi connectivity index (χ0) is 16.8. The van der Waals surface area contributed by atoms with Crippen molar-refractivity contribution in [3.63, 3.8) is 0 Å². The first kappa shape index (κ1) is 17.1. The summed E-state index contributed by atoms with van der Waals surface area (Å²) in [6.07, 6.45) is 0. The van der Waals surface area contributed by atoms with E-state index in [1.807, 2.05) is 0 Å². The van der Waals surface area contributed by atoms with Gasteiger partial charge in [0.2, 0.25) is 5.91 Å². The van der Waals surface area contributed by atoms with Crippen LogP contribution in [-0.4, -0.2) is 25.5 Å². The number of hydrogen-bond donors (Lipinski definition) is 2. The molecule has 0 aliphatic rings. The topological polar surface area (TPSA) is 67.4 Å². The first-order chi connectivity index (χ1) is 11.0. The van der Waals surface area contributed by atoms with Crippen LogP contribution in [0.1, 0.15) is 10.4 Å². The molecule has 2 aromatic carbocycles. The fourth-order valence-corrected chi connectivity index (χ4v) is 2.10. The van der Waals surface area contributed by atoms with Crippen molar-refractivity contribution >= 4 is 40.7 Å². The lowest BCUT2D eigenvalue weighted by atomic mass is 10.2. The monoisotopic (exact) mass is 352 g/mol. The van der Waals surface area contributed by atoms with Crippen molar-refractivity contribution in [2.75, 3.05) is 19.0 Å². The molecule has 120 valence electrons. The number of benzene rings is 2. The van der Waals surface area contributed by atoms with E-state index in [1.54, 1.807) is 31.4 Å². The summed E-state index contributed by atoms with van der Waals surface area (Å²) in [5.74, 6) is -0.140. The lowest BCUT2D eigenvalue weighted by Gasteiger charge is -2.08. The Kier molecular flexibility index (Phi) is 5.84. The molecule has 0 heterocycles. The molecular weight excluding hydrogens is 339 g/mol. The van der Waals surface area contributed by atoms with E-state index in [2.05, 4.69) is 10.6 Å². The molecule has 0 bridgehead atoms. The Morgan fingerprint density at radius 2 is 1.87 bits per heavy atom. The number of halogens is 2. The zero-order valence-corrected chi connectivity index (χ0v) is 13.7. The van der Waals surface area contributed by atoms with Gasteiger partial charge < -0.3 is 15.4 Å². The maximum Gasteiger partial charge on any atom is 0.251 e. The highest BCUT2D eigenvalue weighted by Gasteiger charge is 2.10. The summed E-state index contributed by atoms with van der Waals surface area (Å²) in [7, 11) is 1.54. The zero-order valence-electron chi connectivity index (χ0n) is 12.2. The third-order valence-corrected chi connectivity index (χ3v) is 3.68. The Bertz CT molecular complexity index is 735. The largest absolute Gasteiger partial charge is 0.497 e. The lowest BCUT2D eigenvalue weighted by molar-refractivity contribution is -0.115. The van der Waals surface area contributed by atoms with Crippen molar-refractivity contribution in [1.82, 2.24) is 5.32 Å². The number of hydrogen-bond acceptors (Lipinski definition) is 3. The minimum atomic E-state index is -0.413. The van der Waals surface area contributed by atoms with Crippen LogP contribution in [0.25, 0.3) is 0 Å². The number of rotatable bonds is 5. The molecule has 0 fully saturated rings. The van der Waals surface area contributed by atoms with Crippen molar-refractivity contribution < 1.29 is 14.3 Å². The molecule has 0 atom stereocenters. The molecule has 2 aromatic rings. The molecule has 23 heavy (non-hydrogen) atoms. The highest BCUT2D eigenvalue weighted by Crippen LogP contribution is 2.22. The van der Waals surface area contributed by atoms with Crippen molar-refractivity contribution in [3.8, 4) is 5.75 Å². The van der Waals surface area contributed by atoms with Crippen LogP contribution in [-0.2, 0) is 4.79 Å². The molecule has 0 spiro atoms. The van der Waals surface area contributed by atoms with Gasteiger partial charge in [-0.25, -0.2) is 0 Å². The number of ether oxygens (including phenoxy) is 1. The molecule has 0 unspecified atom stereocenters. The molecule has 0 aliphatic carbocycles. The summed E-state index contributed by atoms with van der Waals surface area (Å²) < 4.78 is 5.07. The van der Waals surface area contributed by atoms with E-state index >= 15 is 0 Å². The second kappa shape index (κ2) is 7.85. The number of amides is 2. The first-order valence-corrected chi connectivity index (χ1v) is 7.42. The number of carbonyl (C=O) groups excluding carboxylic acids is 2. The van der Waals surface area contributed by atoms with Crippen molar-refractivity contribution in [1.29, 1.82) is 0 Å². The minimum Gasteiger partial charge on any atom is -0.497 e. The molecule has 0 aromatic heterocycles. The molecule has 0 saturated carbocycles. The van der Waals surface area contributed by atoms with Gasteiger partial charge in [-0.2, -0.15) is 0 Å². The molecule has 2 rings (SSSR count). The molecule has 0 saturated heterocycles. The summed E-state index contributed by atoms with van der Waals surface area (Å²) in [5, 5.41) is 5.81. The van der Waals surface area contributed by atoms with E-state index in [9.17, 15) is 9.59 Å². The van der Waals surface area contributed by atoms with E-state index in [0.717, 1.165) is 0 Å². The summed E-state index contributed by atoms with van der Waals surface area (Å²) in [6.45, 7) is -0.170. The molecule has 2 N–H and O–H groups in total. The summed E-state index contributed by atoms with van der Waals surface area (Å²) in [4.78, 5) is 23.8.